The van der Waals surface area contributed by atoms with Crippen LogP contribution in [0.3, 0.4) is 0 Å². The lowest BCUT2D eigenvalue weighted by Gasteiger charge is -2.22. The molecule has 0 bridgehead atoms. The molecule has 0 saturated carbocycles. The van der Waals surface area contributed by atoms with Crippen LogP contribution in [0, 0.1) is 0 Å². The Kier molecular flexibility index (Phi) is 5.68. The number of carbonyl (C=O) groups excluding carboxylic acids is 1. The highest BCUT2D eigenvalue weighted by Crippen LogP contribution is 2.27. The van der Waals surface area contributed by atoms with E-state index in [-0.39, 0.29) is 5.41 Å². The van der Waals surface area contributed by atoms with Crippen LogP contribution in [-0.4, -0.2) is 11.4 Å². The lowest BCUT2D eigenvalue weighted by atomic mass is 9.82. The van der Waals surface area contributed by atoms with Gasteiger partial charge in [0.15, 0.2) is 0 Å². The molecular formula is C13H20O2. The van der Waals surface area contributed by atoms with Gasteiger partial charge in [0, 0.05) is 0 Å². The minimum atomic E-state index is 0.216. The lowest BCUT2D eigenvalue weighted by Crippen LogP contribution is -2.14. The number of aldehydes is 1. The summed E-state index contributed by atoms with van der Waals surface area (Å²) < 4.78 is 0. The van der Waals surface area contributed by atoms with Crippen molar-refractivity contribution in [3.8, 4) is 5.75 Å². The van der Waals surface area contributed by atoms with Crippen molar-refractivity contribution in [1.29, 1.82) is 0 Å². The molecule has 0 radical (unpaired) electrons. The topological polar surface area (TPSA) is 37.3 Å². The number of carbonyl (C=O) groups is 1. The van der Waals surface area contributed by atoms with E-state index in [9.17, 15) is 0 Å². The predicted molar refractivity (Wildman–Crippen MR) is 63.2 cm³/mol. The number of hydrogen-bond donors (Lipinski definition) is 1. The van der Waals surface area contributed by atoms with E-state index < -0.39 is 0 Å². The molecule has 1 rings (SSSR count). The largest absolute Gasteiger partial charge is 0.508 e. The highest BCUT2D eigenvalue weighted by Gasteiger charge is 2.17. The SMILES string of the molecule is CC=O.CCC(C)(C)c1ccc(O)cc1. The number of benzene rings is 1. The molecule has 0 aromatic heterocycles. The molecule has 2 nitrogen and oxygen atoms in total. The third kappa shape index (κ3) is 4.63. The second-order valence-corrected chi connectivity index (χ2v) is 4.02. The van der Waals surface area contributed by atoms with Crippen LogP contribution in [0.2, 0.25) is 0 Å². The Hall–Kier alpha value is -1.31. The summed E-state index contributed by atoms with van der Waals surface area (Å²) in [5.74, 6) is 0.339. The summed E-state index contributed by atoms with van der Waals surface area (Å²) in [6, 6.07) is 7.46. The average molecular weight is 208 g/mol. The van der Waals surface area contributed by atoms with Crippen molar-refractivity contribution in [2.75, 3.05) is 0 Å². The van der Waals surface area contributed by atoms with Crippen LogP contribution in [0.1, 0.15) is 39.7 Å². The van der Waals surface area contributed by atoms with Crippen molar-refractivity contribution in [3.63, 3.8) is 0 Å². The standard InChI is InChI=1S/C11H16O.C2H4O/c1-4-11(2,3)9-5-7-10(12)8-6-9;1-2-3/h5-8,12H,4H2,1-3H3;2H,1H3. The maximum atomic E-state index is 9.10. The van der Waals surface area contributed by atoms with Crippen molar-refractivity contribution in [3.05, 3.63) is 29.8 Å². The van der Waals surface area contributed by atoms with Crippen LogP contribution < -0.4 is 0 Å². The van der Waals surface area contributed by atoms with Gasteiger partial charge < -0.3 is 9.90 Å². The van der Waals surface area contributed by atoms with E-state index in [1.807, 2.05) is 12.1 Å². The van der Waals surface area contributed by atoms with Crippen LogP contribution in [0.5, 0.6) is 5.75 Å². The van der Waals surface area contributed by atoms with Gasteiger partial charge in [0.2, 0.25) is 0 Å². The van der Waals surface area contributed by atoms with E-state index in [1.165, 1.54) is 12.5 Å². The number of phenols is 1. The Morgan fingerprint density at radius 3 is 2.00 bits per heavy atom. The van der Waals surface area contributed by atoms with Gasteiger partial charge >= 0.3 is 0 Å². The van der Waals surface area contributed by atoms with Crippen molar-refractivity contribution in [2.24, 2.45) is 0 Å². The Morgan fingerprint density at radius 1 is 1.27 bits per heavy atom. The fourth-order valence-electron chi connectivity index (χ4n) is 1.12. The van der Waals surface area contributed by atoms with E-state index in [2.05, 4.69) is 20.8 Å². The summed E-state index contributed by atoms with van der Waals surface area (Å²) >= 11 is 0. The highest BCUT2D eigenvalue weighted by molar-refractivity contribution is 5.44. The fraction of sp³-hybridized carbons (Fsp3) is 0.462. The normalized spacial score (nSPS) is 10.1. The molecule has 0 atom stereocenters. The average Bonchev–Trinajstić information content (AvgIpc) is 2.20. The maximum Gasteiger partial charge on any atom is 0.116 e. The molecule has 0 spiro atoms. The van der Waals surface area contributed by atoms with E-state index in [0.29, 0.717) is 5.75 Å². The van der Waals surface area contributed by atoms with Crippen LogP contribution in [0.15, 0.2) is 24.3 Å². The molecule has 84 valence electrons. The summed E-state index contributed by atoms with van der Waals surface area (Å²) in [6.45, 7) is 8.03. The molecule has 0 amide bonds. The maximum absolute atomic E-state index is 9.10. The Labute approximate surface area is 91.9 Å². The van der Waals surface area contributed by atoms with Gasteiger partial charge in [0.25, 0.3) is 0 Å². The smallest absolute Gasteiger partial charge is 0.116 e. The summed E-state index contributed by atoms with van der Waals surface area (Å²) in [5.41, 5.74) is 1.50. The van der Waals surface area contributed by atoms with Gasteiger partial charge in [-0.2, -0.15) is 0 Å². The Balaban J connectivity index is 0.000000583. The summed E-state index contributed by atoms with van der Waals surface area (Å²) in [7, 11) is 0. The van der Waals surface area contributed by atoms with Crippen molar-refractivity contribution in [2.45, 2.75) is 39.5 Å². The Morgan fingerprint density at radius 2 is 1.67 bits per heavy atom. The minimum Gasteiger partial charge on any atom is -0.508 e. The molecule has 15 heavy (non-hydrogen) atoms. The van der Waals surface area contributed by atoms with Crippen molar-refractivity contribution < 1.29 is 9.90 Å². The van der Waals surface area contributed by atoms with Crippen LogP contribution in [0.4, 0.5) is 0 Å². The van der Waals surface area contributed by atoms with Gasteiger partial charge in [0.1, 0.15) is 12.0 Å². The first-order valence-corrected chi connectivity index (χ1v) is 5.17. The molecule has 0 aliphatic rings. The minimum absolute atomic E-state index is 0.216. The predicted octanol–water partition coefficient (Wildman–Crippen LogP) is 3.29. The van der Waals surface area contributed by atoms with E-state index in [1.54, 1.807) is 12.1 Å². The molecule has 1 N–H and O–H groups in total. The zero-order valence-electron chi connectivity index (χ0n) is 9.95. The first kappa shape index (κ1) is 13.7. The van der Waals surface area contributed by atoms with Gasteiger partial charge in [-0.05, 0) is 36.5 Å². The first-order chi connectivity index (χ1) is 6.97. The summed E-state index contributed by atoms with van der Waals surface area (Å²) in [4.78, 5) is 8.81. The quantitative estimate of drug-likeness (QED) is 0.757. The zero-order chi connectivity index (χ0) is 11.9. The summed E-state index contributed by atoms with van der Waals surface area (Å²) in [5, 5.41) is 9.10. The number of hydrogen-bond acceptors (Lipinski definition) is 2. The van der Waals surface area contributed by atoms with Crippen molar-refractivity contribution >= 4 is 6.29 Å². The molecular weight excluding hydrogens is 188 g/mol. The molecule has 0 aliphatic heterocycles. The van der Waals surface area contributed by atoms with E-state index in [0.717, 1.165) is 12.7 Å². The van der Waals surface area contributed by atoms with Gasteiger partial charge in [-0.1, -0.05) is 32.9 Å². The van der Waals surface area contributed by atoms with Crippen LogP contribution >= 0.6 is 0 Å². The monoisotopic (exact) mass is 208 g/mol. The molecule has 0 fully saturated rings. The van der Waals surface area contributed by atoms with Gasteiger partial charge in [0.05, 0.1) is 0 Å². The van der Waals surface area contributed by atoms with E-state index in [4.69, 9.17) is 9.90 Å². The third-order valence-electron chi connectivity index (χ3n) is 2.53. The second kappa shape index (κ2) is 6.23. The molecule has 2 heteroatoms. The van der Waals surface area contributed by atoms with Gasteiger partial charge in [-0.15, -0.1) is 0 Å². The number of rotatable bonds is 2. The number of phenolic OH excluding ortho intramolecular Hbond substituents is 1. The zero-order valence-corrected chi connectivity index (χ0v) is 9.95. The fourth-order valence-corrected chi connectivity index (χ4v) is 1.12. The molecule has 0 saturated heterocycles. The molecule has 1 aromatic rings. The molecule has 1 aromatic carbocycles. The van der Waals surface area contributed by atoms with Gasteiger partial charge in [-0.3, -0.25) is 0 Å². The van der Waals surface area contributed by atoms with Crippen molar-refractivity contribution in [1.82, 2.24) is 0 Å². The van der Waals surface area contributed by atoms with E-state index >= 15 is 0 Å². The van der Waals surface area contributed by atoms with Gasteiger partial charge in [-0.25, -0.2) is 0 Å². The first-order valence-electron chi connectivity index (χ1n) is 5.17. The van der Waals surface area contributed by atoms with Crippen LogP contribution in [-0.2, 0) is 10.2 Å². The summed E-state index contributed by atoms with van der Waals surface area (Å²) in [6.07, 6.45) is 1.86. The Bertz CT molecular complexity index is 286. The van der Waals surface area contributed by atoms with Crippen LogP contribution in [0.25, 0.3) is 0 Å². The number of aromatic hydroxyl groups is 1. The second-order valence-electron chi connectivity index (χ2n) is 4.02. The third-order valence-corrected chi connectivity index (χ3v) is 2.53. The molecule has 0 unspecified atom stereocenters. The lowest BCUT2D eigenvalue weighted by molar-refractivity contribution is -0.106. The molecule has 0 aliphatic carbocycles. The highest BCUT2D eigenvalue weighted by atomic mass is 16.3. The molecule has 0 heterocycles.